The van der Waals surface area contributed by atoms with Gasteiger partial charge in [-0.1, -0.05) is 59.0 Å². The zero-order chi connectivity index (χ0) is 26.8. The first-order valence-electron chi connectivity index (χ1n) is 11.3. The van der Waals surface area contributed by atoms with Crippen LogP contribution in [-0.2, 0) is 15.3 Å². The van der Waals surface area contributed by atoms with Crippen molar-refractivity contribution in [2.75, 3.05) is 12.0 Å². The van der Waals surface area contributed by atoms with Crippen molar-refractivity contribution in [1.29, 1.82) is 0 Å². The smallest absolute Gasteiger partial charge is 0.301 e. The first-order valence-corrected chi connectivity index (χ1v) is 13.5. The maximum atomic E-state index is 13.3. The van der Waals surface area contributed by atoms with Crippen molar-refractivity contribution < 1.29 is 23.8 Å². The Kier molecular flexibility index (Phi) is 7.46. The summed E-state index contributed by atoms with van der Waals surface area (Å²) in [6.07, 6.45) is 0. The highest BCUT2D eigenvalue weighted by molar-refractivity contribution is 8.00. The lowest BCUT2D eigenvalue weighted by Gasteiger charge is -2.22. The number of ketones is 1. The third kappa shape index (κ3) is 5.15. The van der Waals surface area contributed by atoms with Gasteiger partial charge < -0.3 is 9.84 Å². The van der Waals surface area contributed by atoms with Crippen molar-refractivity contribution in [3.63, 3.8) is 0 Å². The number of carbonyl (C=O) groups excluding carboxylic acids is 2. The average molecular weight is 568 g/mol. The molecule has 1 fully saturated rings. The van der Waals surface area contributed by atoms with Gasteiger partial charge in [-0.25, -0.2) is 4.39 Å². The fourth-order valence-corrected chi connectivity index (χ4v) is 5.95. The van der Waals surface area contributed by atoms with Crippen molar-refractivity contribution in [3.8, 4) is 5.75 Å². The number of aliphatic hydroxyl groups is 1. The number of aromatic nitrogens is 2. The van der Waals surface area contributed by atoms with Crippen LogP contribution >= 0.6 is 34.7 Å². The zero-order valence-corrected chi connectivity index (χ0v) is 22.2. The minimum Gasteiger partial charge on any atom is -0.507 e. The second-order valence-electron chi connectivity index (χ2n) is 8.22. The molecule has 0 aliphatic carbocycles. The molecule has 0 spiro atoms. The molecule has 11 heteroatoms. The molecule has 0 saturated carbocycles. The number of hydrogen-bond donors (Lipinski definition) is 1. The van der Waals surface area contributed by atoms with Crippen molar-refractivity contribution >= 4 is 57.3 Å². The van der Waals surface area contributed by atoms with E-state index in [1.54, 1.807) is 60.7 Å². The fourth-order valence-electron chi connectivity index (χ4n) is 4.00. The minimum absolute atomic E-state index is 0.0821. The van der Waals surface area contributed by atoms with E-state index in [0.717, 1.165) is 16.9 Å². The van der Waals surface area contributed by atoms with Crippen molar-refractivity contribution in [1.82, 2.24) is 10.2 Å². The van der Waals surface area contributed by atoms with Crippen LogP contribution in [0.3, 0.4) is 0 Å². The zero-order valence-electron chi connectivity index (χ0n) is 19.8. The Morgan fingerprint density at radius 3 is 2.55 bits per heavy atom. The third-order valence-electron chi connectivity index (χ3n) is 5.85. The first kappa shape index (κ1) is 25.9. The van der Waals surface area contributed by atoms with Crippen LogP contribution in [0.5, 0.6) is 5.75 Å². The van der Waals surface area contributed by atoms with Crippen LogP contribution in [0.25, 0.3) is 5.76 Å². The first-order chi connectivity index (χ1) is 18.4. The number of hydrogen-bond acceptors (Lipinski definition) is 8. The molecule has 1 aromatic heterocycles. The molecule has 1 saturated heterocycles. The van der Waals surface area contributed by atoms with E-state index in [4.69, 9.17) is 16.3 Å². The largest absolute Gasteiger partial charge is 0.507 e. The van der Waals surface area contributed by atoms with E-state index in [1.807, 2.05) is 0 Å². The molecule has 4 aromatic rings. The molecule has 1 aliphatic heterocycles. The van der Waals surface area contributed by atoms with Crippen LogP contribution in [-0.4, -0.2) is 34.1 Å². The predicted molar refractivity (Wildman–Crippen MR) is 145 cm³/mol. The number of methoxy groups -OCH3 is 1. The molecule has 1 atom stereocenters. The van der Waals surface area contributed by atoms with E-state index in [0.29, 0.717) is 32.0 Å². The van der Waals surface area contributed by atoms with Gasteiger partial charge in [0.1, 0.15) is 17.3 Å². The minimum atomic E-state index is -0.969. The van der Waals surface area contributed by atoms with Crippen molar-refractivity contribution in [3.05, 3.63) is 106 Å². The van der Waals surface area contributed by atoms with Crippen molar-refractivity contribution in [2.24, 2.45) is 0 Å². The van der Waals surface area contributed by atoms with Crippen LogP contribution in [0, 0.1) is 5.82 Å². The van der Waals surface area contributed by atoms with Gasteiger partial charge in [0, 0.05) is 16.3 Å². The van der Waals surface area contributed by atoms with E-state index in [-0.39, 0.29) is 22.3 Å². The normalized spacial score (nSPS) is 16.7. The molecule has 1 N–H and O–H groups in total. The van der Waals surface area contributed by atoms with Gasteiger partial charge in [-0.2, -0.15) is 0 Å². The molecule has 2 heterocycles. The van der Waals surface area contributed by atoms with Crippen LogP contribution < -0.4 is 9.64 Å². The molecular formula is C27H19ClFN3O4S2. The van der Waals surface area contributed by atoms with Gasteiger partial charge in [0.25, 0.3) is 5.78 Å². The standard InChI is InChI=1S/C27H19ClFN3O4S2/c1-36-20-4-2-3-17(13-20)22-21(23(33)16-7-9-18(28)10-8-16)24(34)25(35)32(22)26-30-31-27(38-26)37-14-15-5-11-19(29)12-6-15/h2-13,22,33H,14H2,1H3/b23-21-. The van der Waals surface area contributed by atoms with Gasteiger partial charge in [-0.3, -0.25) is 14.5 Å². The molecule has 5 rings (SSSR count). The number of halogens is 2. The lowest BCUT2D eigenvalue weighted by molar-refractivity contribution is -0.132. The van der Waals surface area contributed by atoms with Gasteiger partial charge in [0.05, 0.1) is 18.7 Å². The van der Waals surface area contributed by atoms with E-state index in [1.165, 1.54) is 35.9 Å². The lowest BCUT2D eigenvalue weighted by Crippen LogP contribution is -2.29. The van der Waals surface area contributed by atoms with Crippen molar-refractivity contribution in [2.45, 2.75) is 16.1 Å². The molecule has 1 unspecified atom stereocenters. The molecule has 1 aliphatic rings. The number of thioether (sulfide) groups is 1. The van der Waals surface area contributed by atoms with Crippen LogP contribution in [0.15, 0.2) is 82.7 Å². The predicted octanol–water partition coefficient (Wildman–Crippen LogP) is 6.26. The molecule has 0 radical (unpaired) electrons. The summed E-state index contributed by atoms with van der Waals surface area (Å²) < 4.78 is 19.1. The number of Topliss-reactive ketones (excluding diaryl/α,β-unsaturated/α-hetero) is 1. The maximum absolute atomic E-state index is 13.3. The van der Waals surface area contributed by atoms with E-state index in [2.05, 4.69) is 10.2 Å². The molecule has 0 bridgehead atoms. The summed E-state index contributed by atoms with van der Waals surface area (Å²) in [6.45, 7) is 0. The summed E-state index contributed by atoms with van der Waals surface area (Å²) in [5, 5.41) is 20.2. The monoisotopic (exact) mass is 567 g/mol. The Balaban J connectivity index is 1.54. The Morgan fingerprint density at radius 1 is 1.11 bits per heavy atom. The number of benzene rings is 3. The number of amides is 1. The summed E-state index contributed by atoms with van der Waals surface area (Å²) >= 11 is 8.51. The Hall–Kier alpha value is -3.73. The Morgan fingerprint density at radius 2 is 1.84 bits per heavy atom. The number of rotatable bonds is 7. The number of anilines is 1. The Labute approximate surface area is 230 Å². The molecule has 192 valence electrons. The second-order valence-corrected chi connectivity index (χ2v) is 10.8. The third-order valence-corrected chi connectivity index (χ3v) is 8.23. The summed E-state index contributed by atoms with van der Waals surface area (Å²) in [7, 11) is 1.51. The average Bonchev–Trinajstić information content (AvgIpc) is 3.50. The van der Waals surface area contributed by atoms with Crippen LogP contribution in [0.1, 0.15) is 22.7 Å². The van der Waals surface area contributed by atoms with Gasteiger partial charge in [0.15, 0.2) is 4.34 Å². The van der Waals surface area contributed by atoms with Crippen LogP contribution in [0.4, 0.5) is 9.52 Å². The van der Waals surface area contributed by atoms with Gasteiger partial charge in [-0.05, 0) is 59.7 Å². The number of ether oxygens (including phenoxy) is 1. The van der Waals surface area contributed by atoms with E-state index in [9.17, 15) is 19.1 Å². The van der Waals surface area contributed by atoms with E-state index >= 15 is 0 Å². The fraction of sp³-hybridized carbons (Fsp3) is 0.111. The summed E-state index contributed by atoms with van der Waals surface area (Å²) in [6, 6.07) is 18.4. The molecule has 3 aromatic carbocycles. The van der Waals surface area contributed by atoms with Crippen LogP contribution in [0.2, 0.25) is 5.02 Å². The summed E-state index contributed by atoms with van der Waals surface area (Å²) in [4.78, 5) is 27.9. The quantitative estimate of drug-likeness (QED) is 0.0926. The maximum Gasteiger partial charge on any atom is 0.301 e. The van der Waals surface area contributed by atoms with Gasteiger partial charge >= 0.3 is 5.91 Å². The lowest BCUT2D eigenvalue weighted by atomic mass is 9.95. The highest BCUT2D eigenvalue weighted by atomic mass is 35.5. The molecule has 38 heavy (non-hydrogen) atoms. The molecule has 7 nitrogen and oxygen atoms in total. The summed E-state index contributed by atoms with van der Waals surface area (Å²) in [5.41, 5.74) is 1.71. The number of nitrogens with zero attached hydrogens (tertiary/aromatic N) is 3. The SMILES string of the molecule is COc1cccc(C2/C(=C(/O)c3ccc(Cl)cc3)C(=O)C(=O)N2c2nnc(SCc3ccc(F)cc3)s2)c1. The van der Waals surface area contributed by atoms with E-state index < -0.39 is 17.7 Å². The number of carbonyl (C=O) groups is 2. The molecule has 1 amide bonds. The number of aliphatic hydroxyl groups excluding tert-OH is 1. The van der Waals surface area contributed by atoms with Gasteiger partial charge in [0.2, 0.25) is 5.13 Å². The molecular weight excluding hydrogens is 549 g/mol. The highest BCUT2D eigenvalue weighted by Crippen LogP contribution is 2.44. The Bertz CT molecular complexity index is 1540. The second kappa shape index (κ2) is 10.9. The summed E-state index contributed by atoms with van der Waals surface area (Å²) in [5.74, 6) is -1.29. The highest BCUT2D eigenvalue weighted by Gasteiger charge is 2.48. The topological polar surface area (TPSA) is 92.6 Å². The van der Waals surface area contributed by atoms with Gasteiger partial charge in [-0.15, -0.1) is 10.2 Å².